The molecule has 0 radical (unpaired) electrons. The van der Waals surface area contributed by atoms with E-state index in [0.29, 0.717) is 32.0 Å². The summed E-state index contributed by atoms with van der Waals surface area (Å²) in [6.45, 7) is 5.72. The smallest absolute Gasteiger partial charge is 0.327 e. The molecule has 2 saturated heterocycles. The largest absolute Gasteiger partial charge is 0.480 e. The molecule has 48 heavy (non-hydrogen) atoms. The number of hydrogen-bond acceptors (Lipinski definition) is 8. The summed E-state index contributed by atoms with van der Waals surface area (Å²) in [6.07, 6.45) is 1.57. The number of amides is 2. The number of carboxylic acid groups (broad SMARTS) is 1. The van der Waals surface area contributed by atoms with E-state index in [9.17, 15) is 23.9 Å². The van der Waals surface area contributed by atoms with Crippen molar-refractivity contribution in [1.82, 2.24) is 25.0 Å². The zero-order valence-electron chi connectivity index (χ0n) is 26.4. The molecule has 1 aliphatic carbocycles. The Bertz CT molecular complexity index is 1770. The normalized spacial score (nSPS) is 29.2. The number of carbonyl (C=O) groups excluding carboxylic acids is 2. The summed E-state index contributed by atoms with van der Waals surface area (Å²) in [4.78, 5) is 54.8. The molecule has 2 aromatic rings. The topological polar surface area (TPSA) is 118 Å². The number of fused-ring (bicyclic) bond motifs is 1. The van der Waals surface area contributed by atoms with Gasteiger partial charge in [-0.1, -0.05) is 49.2 Å². The molecule has 1 aromatic heterocycles. The molecule has 7 rings (SSSR count). The van der Waals surface area contributed by atoms with E-state index in [1.807, 2.05) is 31.7 Å². The van der Waals surface area contributed by atoms with Gasteiger partial charge in [0.05, 0.1) is 17.6 Å². The highest BCUT2D eigenvalue weighted by Crippen LogP contribution is 2.56. The number of aromatic nitrogens is 1. The second-order valence-corrected chi connectivity index (χ2v) is 15.4. The van der Waals surface area contributed by atoms with E-state index in [0.717, 1.165) is 24.6 Å². The number of rotatable bonds is 6. The number of allylic oxidation sites excluding steroid dienone is 1. The van der Waals surface area contributed by atoms with Gasteiger partial charge in [-0.25, -0.2) is 23.6 Å². The molecule has 254 valence electrons. The Morgan fingerprint density at radius 2 is 1.88 bits per heavy atom. The number of aliphatic imine (C=N–C) groups is 1. The van der Waals surface area contributed by atoms with Crippen LogP contribution in [0.15, 0.2) is 52.1 Å². The molecule has 0 unspecified atom stereocenters. The fourth-order valence-electron chi connectivity index (χ4n) is 7.41. The summed E-state index contributed by atoms with van der Waals surface area (Å²) in [5, 5.41) is 13.9. The van der Waals surface area contributed by atoms with Gasteiger partial charge < -0.3 is 25.1 Å². The van der Waals surface area contributed by atoms with E-state index in [2.05, 4.69) is 10.3 Å². The lowest BCUT2D eigenvalue weighted by atomic mass is 9.81. The number of hydrogen-bond donors (Lipinski definition) is 2. The van der Waals surface area contributed by atoms with Crippen molar-refractivity contribution in [3.63, 3.8) is 0 Å². The number of halogens is 4. The van der Waals surface area contributed by atoms with Gasteiger partial charge in [-0.15, -0.1) is 0 Å². The Kier molecular flexibility index (Phi) is 8.28. The van der Waals surface area contributed by atoms with Crippen LogP contribution in [0.5, 0.6) is 0 Å². The molecular weight excluding hydrogens is 685 g/mol. The Morgan fingerprint density at radius 1 is 1.12 bits per heavy atom. The van der Waals surface area contributed by atoms with Crippen LogP contribution in [0.2, 0.25) is 10.2 Å². The van der Waals surface area contributed by atoms with Gasteiger partial charge in [0.1, 0.15) is 39.7 Å². The molecule has 2 N–H and O–H groups in total. The van der Waals surface area contributed by atoms with Crippen LogP contribution in [0, 0.1) is 11.7 Å². The molecule has 5 atom stereocenters. The molecule has 2 amide bonds. The van der Waals surface area contributed by atoms with Gasteiger partial charge in [0, 0.05) is 42.5 Å². The van der Waals surface area contributed by atoms with Gasteiger partial charge in [-0.3, -0.25) is 9.59 Å². The van der Waals surface area contributed by atoms with Crippen molar-refractivity contribution >= 4 is 57.9 Å². The van der Waals surface area contributed by atoms with Crippen LogP contribution in [-0.2, 0) is 19.9 Å². The molecule has 1 saturated carbocycles. The Morgan fingerprint density at radius 3 is 2.50 bits per heavy atom. The number of carboxylic acids is 1. The van der Waals surface area contributed by atoms with E-state index >= 15 is 4.39 Å². The molecule has 1 aromatic carbocycles. The number of pyridine rings is 1. The predicted octanol–water partition coefficient (Wildman–Crippen LogP) is 5.13. The molecule has 15 heteroatoms. The van der Waals surface area contributed by atoms with E-state index in [-0.39, 0.29) is 42.5 Å². The first-order valence-corrected chi connectivity index (χ1v) is 17.4. The number of carbonyl (C=O) groups is 3. The van der Waals surface area contributed by atoms with E-state index in [1.165, 1.54) is 21.9 Å². The van der Waals surface area contributed by atoms with Crippen molar-refractivity contribution in [2.75, 3.05) is 19.6 Å². The van der Waals surface area contributed by atoms with Crippen LogP contribution >= 0.6 is 35.0 Å². The molecular formula is C33H34Cl2F2N6O4S. The van der Waals surface area contributed by atoms with Crippen molar-refractivity contribution < 1.29 is 28.3 Å². The van der Waals surface area contributed by atoms with Crippen LogP contribution in [-0.4, -0.2) is 91.2 Å². The lowest BCUT2D eigenvalue weighted by Gasteiger charge is -2.41. The number of likely N-dealkylation sites (tertiary alicyclic amines) is 1. The molecule has 5 heterocycles. The van der Waals surface area contributed by atoms with Gasteiger partial charge in [0.25, 0.3) is 5.91 Å². The maximum Gasteiger partial charge on any atom is 0.327 e. The van der Waals surface area contributed by atoms with E-state index in [4.69, 9.17) is 28.2 Å². The highest BCUT2D eigenvalue weighted by molar-refractivity contribution is 8.18. The first kappa shape index (κ1) is 33.2. The van der Waals surface area contributed by atoms with Crippen LogP contribution in [0.1, 0.15) is 57.2 Å². The molecule has 10 nitrogen and oxygen atoms in total. The third-order valence-electron chi connectivity index (χ3n) is 10.1. The Hall–Kier alpha value is -3.26. The molecule has 3 fully saturated rings. The number of nitrogens with one attached hydrogen (secondary N) is 1. The zero-order valence-corrected chi connectivity index (χ0v) is 28.7. The Labute approximate surface area is 290 Å². The minimum atomic E-state index is -1.46. The lowest BCUT2D eigenvalue weighted by molar-refractivity contribution is -0.155. The number of benzene rings is 1. The average Bonchev–Trinajstić information content (AvgIpc) is 3.36. The summed E-state index contributed by atoms with van der Waals surface area (Å²) >= 11 is 13.3. The van der Waals surface area contributed by atoms with Crippen molar-refractivity contribution in [3.05, 3.63) is 74.3 Å². The third-order valence-corrected chi connectivity index (χ3v) is 11.6. The number of nitrogens with zero attached hydrogens (tertiary/aromatic N) is 5. The monoisotopic (exact) mass is 718 g/mol. The van der Waals surface area contributed by atoms with Crippen molar-refractivity contribution in [2.24, 2.45) is 10.9 Å². The first-order valence-electron chi connectivity index (χ1n) is 15.8. The van der Waals surface area contributed by atoms with Crippen LogP contribution in [0.25, 0.3) is 0 Å². The first-order chi connectivity index (χ1) is 22.7. The second kappa shape index (κ2) is 12.0. The van der Waals surface area contributed by atoms with Gasteiger partial charge in [0.2, 0.25) is 5.91 Å². The number of piperazine rings is 1. The van der Waals surface area contributed by atoms with E-state index in [1.54, 1.807) is 18.3 Å². The summed E-state index contributed by atoms with van der Waals surface area (Å²) in [7, 11) is 0. The molecule has 0 bridgehead atoms. The lowest BCUT2D eigenvalue weighted by Crippen LogP contribution is -2.64. The maximum atomic E-state index is 15.2. The summed E-state index contributed by atoms with van der Waals surface area (Å²) in [6, 6.07) is 5.12. The molecule has 4 aliphatic heterocycles. The number of thioether (sulfide) groups is 1. The van der Waals surface area contributed by atoms with Crippen LogP contribution in [0.3, 0.4) is 0 Å². The quantitative estimate of drug-likeness (QED) is 0.395. The summed E-state index contributed by atoms with van der Waals surface area (Å²) in [5.41, 5.74) is 0.563. The fraction of sp³-hybridized carbons (Fsp3) is 0.485. The number of amidine groups is 1. The molecule has 1 spiro atoms. The SMILES string of the molecule is CC(C)C1=C(C(=O)N2C[C@H](F)C[C@H]2C(=O)N2CC3(CC3)NC[C@@H]2C(=O)O)SC2=N[C@@](C)(c3ccc(Cl)nc3)[C@@H](c3ccc(Cl)c(F)c3)N21. The minimum Gasteiger partial charge on any atom is -0.480 e. The standard InChI is InChI=1S/C33H34Cl2F2N6O4S/c1-16(2)25-26(29(45)41-14-19(36)11-22(41)28(44)42-15-33(8-9-33)39-13-23(42)30(46)47)48-31-40-32(3,18-5-7-24(35)38-12-18)27(43(25)31)17-4-6-20(34)21(37)10-17/h4-7,10,12,16,19,22-23,27,39H,8-9,11,13-15H2,1-3H3,(H,46,47)/t19-,22+,23-,27-,32+/m1/s1. The minimum absolute atomic E-state index is 0.0354. The highest BCUT2D eigenvalue weighted by Gasteiger charge is 2.56. The van der Waals surface area contributed by atoms with Crippen LogP contribution in [0.4, 0.5) is 8.78 Å². The van der Waals surface area contributed by atoms with Crippen molar-refractivity contribution in [2.45, 2.75) is 75.4 Å². The van der Waals surface area contributed by atoms with Gasteiger partial charge >= 0.3 is 5.97 Å². The van der Waals surface area contributed by atoms with Gasteiger partial charge in [-0.2, -0.15) is 0 Å². The van der Waals surface area contributed by atoms with Crippen LogP contribution < -0.4 is 5.32 Å². The fourth-order valence-corrected chi connectivity index (χ4v) is 9.00. The van der Waals surface area contributed by atoms with Gasteiger partial charge in [0.15, 0.2) is 5.17 Å². The molecule has 5 aliphatic rings. The third kappa shape index (κ3) is 5.46. The van der Waals surface area contributed by atoms with E-state index < -0.39 is 53.4 Å². The predicted molar refractivity (Wildman–Crippen MR) is 178 cm³/mol. The second-order valence-electron chi connectivity index (χ2n) is 13.6. The van der Waals surface area contributed by atoms with Crippen molar-refractivity contribution in [1.29, 1.82) is 0 Å². The summed E-state index contributed by atoms with van der Waals surface area (Å²) < 4.78 is 30.1. The van der Waals surface area contributed by atoms with Crippen molar-refractivity contribution in [3.8, 4) is 0 Å². The zero-order chi connectivity index (χ0) is 34.3. The maximum absolute atomic E-state index is 15.2. The number of alkyl halides is 1. The van der Waals surface area contributed by atoms with Gasteiger partial charge in [-0.05, 0) is 61.2 Å². The highest BCUT2D eigenvalue weighted by atomic mass is 35.5. The number of aliphatic carboxylic acids is 1. The Balaban J connectivity index is 1.27. The average molecular weight is 720 g/mol. The summed E-state index contributed by atoms with van der Waals surface area (Å²) in [5.74, 6) is -3.10.